The Labute approximate surface area is 155 Å². The quantitative estimate of drug-likeness (QED) is 0.777. The summed E-state index contributed by atoms with van der Waals surface area (Å²) in [7, 11) is 3.14. The molecular weight excluding hydrogens is 340 g/mol. The van der Waals surface area contributed by atoms with Gasteiger partial charge < -0.3 is 19.7 Å². The number of hydrogen-bond acceptors (Lipinski definition) is 4. The molecular formula is C19H29ClN2O3. The van der Waals surface area contributed by atoms with Crippen molar-refractivity contribution >= 4 is 23.2 Å². The van der Waals surface area contributed by atoms with Gasteiger partial charge in [0, 0.05) is 18.7 Å². The first-order valence-corrected chi connectivity index (χ1v) is 9.38. The van der Waals surface area contributed by atoms with Crippen molar-refractivity contribution in [3.63, 3.8) is 0 Å². The summed E-state index contributed by atoms with van der Waals surface area (Å²) in [4.78, 5) is 15.0. The minimum absolute atomic E-state index is 0.114. The van der Waals surface area contributed by atoms with Crippen LogP contribution in [0, 0.1) is 0 Å². The van der Waals surface area contributed by atoms with E-state index in [1.807, 2.05) is 18.7 Å². The Bertz CT molecular complexity index is 588. The maximum absolute atomic E-state index is 13.0. The van der Waals surface area contributed by atoms with Crippen molar-refractivity contribution in [2.45, 2.75) is 58.0 Å². The molecule has 1 aliphatic rings. The molecule has 1 fully saturated rings. The Morgan fingerprint density at radius 3 is 2.44 bits per heavy atom. The number of methoxy groups -OCH3 is 2. The molecule has 1 atom stereocenters. The van der Waals surface area contributed by atoms with E-state index in [0.29, 0.717) is 28.3 Å². The highest BCUT2D eigenvalue weighted by Crippen LogP contribution is 2.36. The van der Waals surface area contributed by atoms with Crippen LogP contribution >= 0.6 is 11.6 Å². The van der Waals surface area contributed by atoms with E-state index >= 15 is 0 Å². The lowest BCUT2D eigenvalue weighted by molar-refractivity contribution is -0.134. The molecule has 2 rings (SSSR count). The van der Waals surface area contributed by atoms with Crippen molar-refractivity contribution in [1.82, 2.24) is 4.90 Å². The van der Waals surface area contributed by atoms with Crippen LogP contribution in [0.2, 0.25) is 5.02 Å². The molecule has 0 radical (unpaired) electrons. The molecule has 1 aliphatic carbocycles. The summed E-state index contributed by atoms with van der Waals surface area (Å²) in [5, 5.41) is 3.73. The van der Waals surface area contributed by atoms with Crippen LogP contribution in [0.1, 0.15) is 46.0 Å². The van der Waals surface area contributed by atoms with Crippen LogP contribution < -0.4 is 14.8 Å². The maximum Gasteiger partial charge on any atom is 0.245 e. The van der Waals surface area contributed by atoms with E-state index in [-0.39, 0.29) is 11.9 Å². The SMILES string of the molecule is CCN(C(=O)[C@@H](C)Nc1cc(Cl)c(OC)cc1OC)C1CCCCC1. The van der Waals surface area contributed by atoms with E-state index in [0.717, 1.165) is 19.4 Å². The van der Waals surface area contributed by atoms with E-state index < -0.39 is 0 Å². The van der Waals surface area contributed by atoms with E-state index in [1.165, 1.54) is 19.3 Å². The minimum atomic E-state index is -0.361. The van der Waals surface area contributed by atoms with Gasteiger partial charge >= 0.3 is 0 Å². The van der Waals surface area contributed by atoms with Gasteiger partial charge in [-0.05, 0) is 32.8 Å². The fourth-order valence-electron chi connectivity index (χ4n) is 3.50. The summed E-state index contributed by atoms with van der Waals surface area (Å²) < 4.78 is 10.6. The summed E-state index contributed by atoms with van der Waals surface area (Å²) in [5.74, 6) is 1.26. The van der Waals surface area contributed by atoms with Gasteiger partial charge in [-0.25, -0.2) is 0 Å². The molecule has 140 valence electrons. The van der Waals surface area contributed by atoms with E-state index in [4.69, 9.17) is 21.1 Å². The average molecular weight is 369 g/mol. The summed E-state index contributed by atoms with van der Waals surface area (Å²) >= 11 is 6.22. The lowest BCUT2D eigenvalue weighted by Gasteiger charge is -2.35. The van der Waals surface area contributed by atoms with Crippen LogP contribution in [0.4, 0.5) is 5.69 Å². The van der Waals surface area contributed by atoms with Crippen molar-refractivity contribution < 1.29 is 14.3 Å². The molecule has 25 heavy (non-hydrogen) atoms. The number of rotatable bonds is 7. The van der Waals surface area contributed by atoms with E-state index in [9.17, 15) is 4.79 Å². The zero-order valence-corrected chi connectivity index (χ0v) is 16.4. The van der Waals surface area contributed by atoms with Gasteiger partial charge in [-0.3, -0.25) is 4.79 Å². The Morgan fingerprint density at radius 1 is 1.24 bits per heavy atom. The van der Waals surface area contributed by atoms with Crippen LogP contribution in [0.15, 0.2) is 12.1 Å². The number of carbonyl (C=O) groups excluding carboxylic acids is 1. The third kappa shape index (κ3) is 4.72. The van der Waals surface area contributed by atoms with Gasteiger partial charge in [-0.1, -0.05) is 30.9 Å². The van der Waals surface area contributed by atoms with Gasteiger partial charge in [0.1, 0.15) is 17.5 Å². The van der Waals surface area contributed by atoms with Crippen LogP contribution in [-0.2, 0) is 4.79 Å². The van der Waals surface area contributed by atoms with Crippen molar-refractivity contribution in [2.75, 3.05) is 26.1 Å². The van der Waals surface area contributed by atoms with Crippen LogP contribution in [0.3, 0.4) is 0 Å². The predicted molar refractivity (Wildman–Crippen MR) is 102 cm³/mol. The van der Waals surface area contributed by atoms with Crippen molar-refractivity contribution in [2.24, 2.45) is 0 Å². The molecule has 0 unspecified atom stereocenters. The number of halogens is 1. The predicted octanol–water partition coefficient (Wildman–Crippen LogP) is 4.34. The van der Waals surface area contributed by atoms with Gasteiger partial charge in [-0.2, -0.15) is 0 Å². The van der Waals surface area contributed by atoms with Gasteiger partial charge in [0.25, 0.3) is 0 Å². The average Bonchev–Trinajstić information content (AvgIpc) is 2.63. The highest BCUT2D eigenvalue weighted by Gasteiger charge is 2.28. The molecule has 1 saturated carbocycles. The minimum Gasteiger partial charge on any atom is -0.495 e. The molecule has 0 heterocycles. The summed E-state index contributed by atoms with van der Waals surface area (Å²) in [5.41, 5.74) is 0.689. The van der Waals surface area contributed by atoms with E-state index in [2.05, 4.69) is 5.32 Å². The lowest BCUT2D eigenvalue weighted by Crippen LogP contribution is -2.47. The summed E-state index contributed by atoms with van der Waals surface area (Å²) in [6.07, 6.45) is 5.89. The molecule has 5 nitrogen and oxygen atoms in total. The topological polar surface area (TPSA) is 50.8 Å². The molecule has 0 spiro atoms. The van der Waals surface area contributed by atoms with Crippen molar-refractivity contribution in [3.05, 3.63) is 17.2 Å². The van der Waals surface area contributed by atoms with Gasteiger partial charge in [0.2, 0.25) is 5.91 Å². The van der Waals surface area contributed by atoms with Crippen molar-refractivity contribution in [1.29, 1.82) is 0 Å². The zero-order valence-electron chi connectivity index (χ0n) is 15.6. The number of hydrogen-bond donors (Lipinski definition) is 1. The lowest BCUT2D eigenvalue weighted by atomic mass is 9.94. The third-order valence-corrected chi connectivity index (χ3v) is 5.15. The van der Waals surface area contributed by atoms with Gasteiger partial charge in [-0.15, -0.1) is 0 Å². The fraction of sp³-hybridized carbons (Fsp3) is 0.632. The standard InChI is InChI=1S/C19H29ClN2O3/c1-5-22(14-9-7-6-8-10-14)19(23)13(2)21-16-11-15(20)17(24-3)12-18(16)25-4/h11-14,21H,5-10H2,1-4H3/t13-/m1/s1. The second kappa shape index (κ2) is 9.18. The maximum atomic E-state index is 13.0. The summed E-state index contributed by atoms with van der Waals surface area (Å²) in [6, 6.07) is 3.46. The molecule has 0 bridgehead atoms. The van der Waals surface area contributed by atoms with Gasteiger partial charge in [0.05, 0.1) is 24.9 Å². The molecule has 1 amide bonds. The zero-order chi connectivity index (χ0) is 18.4. The number of carbonyl (C=O) groups is 1. The summed E-state index contributed by atoms with van der Waals surface area (Å²) in [6.45, 7) is 4.66. The third-order valence-electron chi connectivity index (χ3n) is 4.86. The number of anilines is 1. The first-order chi connectivity index (χ1) is 12.0. The number of nitrogens with zero attached hydrogens (tertiary/aromatic N) is 1. The normalized spacial score (nSPS) is 16.2. The van der Waals surface area contributed by atoms with Crippen LogP contribution in [-0.4, -0.2) is 43.7 Å². The number of ether oxygens (including phenoxy) is 2. The highest BCUT2D eigenvalue weighted by atomic mass is 35.5. The number of likely N-dealkylation sites (N-methyl/N-ethyl adjacent to an activating group) is 1. The molecule has 6 heteroatoms. The largest absolute Gasteiger partial charge is 0.495 e. The van der Waals surface area contributed by atoms with E-state index in [1.54, 1.807) is 26.4 Å². The van der Waals surface area contributed by atoms with Crippen LogP contribution in [0.25, 0.3) is 0 Å². The smallest absolute Gasteiger partial charge is 0.245 e. The monoisotopic (exact) mass is 368 g/mol. The Kier molecular flexibility index (Phi) is 7.24. The fourth-order valence-corrected chi connectivity index (χ4v) is 3.74. The Morgan fingerprint density at radius 2 is 1.88 bits per heavy atom. The Hall–Kier alpha value is -1.62. The first kappa shape index (κ1) is 19.7. The first-order valence-electron chi connectivity index (χ1n) is 9.00. The molecule has 1 aromatic carbocycles. The molecule has 0 aliphatic heterocycles. The second-order valence-corrected chi connectivity index (χ2v) is 6.88. The van der Waals surface area contributed by atoms with Crippen LogP contribution in [0.5, 0.6) is 11.5 Å². The second-order valence-electron chi connectivity index (χ2n) is 6.47. The Balaban J connectivity index is 2.13. The molecule has 1 aromatic rings. The molecule has 0 aromatic heterocycles. The van der Waals surface area contributed by atoms with Gasteiger partial charge in [0.15, 0.2) is 0 Å². The van der Waals surface area contributed by atoms with Crippen molar-refractivity contribution in [3.8, 4) is 11.5 Å². The molecule has 0 saturated heterocycles. The number of nitrogens with one attached hydrogen (secondary N) is 1. The number of amides is 1. The number of benzene rings is 1. The highest BCUT2D eigenvalue weighted by molar-refractivity contribution is 6.32. The molecule has 1 N–H and O–H groups in total.